The van der Waals surface area contributed by atoms with Crippen LogP contribution < -0.4 is 5.32 Å². The molecule has 1 aliphatic rings. The van der Waals surface area contributed by atoms with E-state index in [0.29, 0.717) is 23.8 Å². The van der Waals surface area contributed by atoms with E-state index in [2.05, 4.69) is 20.3 Å². The van der Waals surface area contributed by atoms with E-state index in [1.807, 2.05) is 18.7 Å². The van der Waals surface area contributed by atoms with E-state index in [0.717, 1.165) is 12.8 Å². The van der Waals surface area contributed by atoms with E-state index in [-0.39, 0.29) is 18.4 Å². The van der Waals surface area contributed by atoms with Gasteiger partial charge in [0.15, 0.2) is 5.82 Å². The summed E-state index contributed by atoms with van der Waals surface area (Å²) in [6.45, 7) is 4.67. The monoisotopic (exact) mass is 342 g/mol. The number of carbonyl (C=O) groups is 2. The largest absolute Gasteiger partial charge is 0.354 e. The van der Waals surface area contributed by atoms with E-state index in [1.165, 1.54) is 0 Å². The van der Waals surface area contributed by atoms with Gasteiger partial charge in [-0.15, -0.1) is 0 Å². The van der Waals surface area contributed by atoms with Crippen LogP contribution in [-0.2, 0) is 16.9 Å². The Labute approximate surface area is 146 Å². The van der Waals surface area contributed by atoms with Gasteiger partial charge in [0.25, 0.3) is 5.91 Å². The number of hydrogen-bond acceptors (Lipinski definition) is 5. The predicted octanol–water partition coefficient (Wildman–Crippen LogP) is 0.879. The van der Waals surface area contributed by atoms with Gasteiger partial charge in [-0.2, -0.15) is 0 Å². The van der Waals surface area contributed by atoms with E-state index in [4.69, 9.17) is 0 Å². The van der Waals surface area contributed by atoms with Crippen molar-refractivity contribution in [2.24, 2.45) is 0 Å². The highest BCUT2D eigenvalue weighted by atomic mass is 16.2. The molecule has 8 nitrogen and oxygen atoms in total. The molecule has 25 heavy (non-hydrogen) atoms. The topological polar surface area (TPSA) is 93.0 Å². The Hall–Kier alpha value is -2.77. The van der Waals surface area contributed by atoms with Crippen molar-refractivity contribution in [1.29, 1.82) is 0 Å². The Morgan fingerprint density at radius 3 is 2.84 bits per heavy atom. The summed E-state index contributed by atoms with van der Waals surface area (Å²) >= 11 is 0. The third-order valence-electron chi connectivity index (χ3n) is 4.61. The van der Waals surface area contributed by atoms with Crippen molar-refractivity contribution in [3.8, 4) is 0 Å². The molecular formula is C17H22N6O2. The molecule has 1 saturated heterocycles. The van der Waals surface area contributed by atoms with Crippen molar-refractivity contribution in [2.45, 2.75) is 38.8 Å². The quantitative estimate of drug-likeness (QED) is 0.890. The van der Waals surface area contributed by atoms with E-state index >= 15 is 0 Å². The number of likely N-dealkylation sites (tertiary alicyclic amines) is 1. The van der Waals surface area contributed by atoms with Crippen LogP contribution in [0.3, 0.4) is 0 Å². The molecule has 0 radical (unpaired) electrons. The van der Waals surface area contributed by atoms with Gasteiger partial charge in [-0.3, -0.25) is 9.59 Å². The Morgan fingerprint density at radius 1 is 1.36 bits per heavy atom. The molecule has 1 N–H and O–H groups in total. The van der Waals surface area contributed by atoms with Gasteiger partial charge >= 0.3 is 0 Å². The third-order valence-corrected chi connectivity index (χ3v) is 4.61. The lowest BCUT2D eigenvalue weighted by Crippen LogP contribution is -2.45. The molecule has 0 saturated carbocycles. The number of rotatable bonds is 4. The predicted molar refractivity (Wildman–Crippen MR) is 90.7 cm³/mol. The second-order valence-corrected chi connectivity index (χ2v) is 6.46. The number of carbonyl (C=O) groups excluding carboxylic acids is 2. The fourth-order valence-electron chi connectivity index (χ4n) is 3.27. The van der Waals surface area contributed by atoms with Crippen LogP contribution in [0.1, 0.15) is 41.8 Å². The van der Waals surface area contributed by atoms with Gasteiger partial charge in [0, 0.05) is 31.7 Å². The Bertz CT molecular complexity index is 788. The molecule has 0 aromatic carbocycles. The van der Waals surface area contributed by atoms with Gasteiger partial charge in [0.2, 0.25) is 5.91 Å². The lowest BCUT2D eigenvalue weighted by molar-refractivity contribution is -0.136. The zero-order valence-corrected chi connectivity index (χ0v) is 14.7. The van der Waals surface area contributed by atoms with Gasteiger partial charge in [-0.25, -0.2) is 15.0 Å². The van der Waals surface area contributed by atoms with Crippen molar-refractivity contribution < 1.29 is 9.59 Å². The zero-order chi connectivity index (χ0) is 18.0. The fourth-order valence-corrected chi connectivity index (χ4v) is 3.27. The molecule has 132 valence electrons. The summed E-state index contributed by atoms with van der Waals surface area (Å²) in [5, 5.41) is 2.58. The maximum Gasteiger partial charge on any atom is 0.269 e. The summed E-state index contributed by atoms with van der Waals surface area (Å²) in [5.41, 5.74) is 0.408. The lowest BCUT2D eigenvalue weighted by atomic mass is 9.97. The summed E-state index contributed by atoms with van der Waals surface area (Å²) in [4.78, 5) is 39.5. The number of nitrogens with one attached hydrogen (secondary N) is 1. The summed E-state index contributed by atoms with van der Waals surface area (Å²) in [5.74, 6) is 0.247. The average molecular weight is 342 g/mol. The van der Waals surface area contributed by atoms with Gasteiger partial charge in [0.1, 0.15) is 12.2 Å². The van der Waals surface area contributed by atoms with Crippen molar-refractivity contribution in [3.63, 3.8) is 0 Å². The molecule has 3 heterocycles. The van der Waals surface area contributed by atoms with Crippen molar-refractivity contribution in [2.75, 3.05) is 13.6 Å². The molecule has 3 rings (SSSR count). The molecule has 2 amide bonds. The summed E-state index contributed by atoms with van der Waals surface area (Å²) in [7, 11) is 1.57. The SMILES string of the molecule is CNC(=O)c1cc(C)nc(C2(C)CCCN2C(=O)Cn2ccnc2)n1. The van der Waals surface area contributed by atoms with Crippen LogP contribution in [0.15, 0.2) is 24.8 Å². The molecule has 0 bridgehead atoms. The molecule has 0 spiro atoms. The highest BCUT2D eigenvalue weighted by Crippen LogP contribution is 2.37. The van der Waals surface area contributed by atoms with Crippen molar-refractivity contribution in [1.82, 2.24) is 29.7 Å². The molecule has 1 atom stereocenters. The highest BCUT2D eigenvalue weighted by molar-refractivity contribution is 5.92. The number of nitrogens with zero attached hydrogens (tertiary/aromatic N) is 5. The van der Waals surface area contributed by atoms with Gasteiger partial charge in [-0.1, -0.05) is 0 Å². The van der Waals surface area contributed by atoms with E-state index < -0.39 is 5.54 Å². The Kier molecular flexibility index (Phi) is 4.52. The second-order valence-electron chi connectivity index (χ2n) is 6.46. The highest BCUT2D eigenvalue weighted by Gasteiger charge is 2.43. The average Bonchev–Trinajstić information content (AvgIpc) is 3.23. The first kappa shape index (κ1) is 17.1. The third kappa shape index (κ3) is 3.24. The second kappa shape index (κ2) is 6.62. The van der Waals surface area contributed by atoms with E-state index in [1.54, 1.807) is 36.4 Å². The van der Waals surface area contributed by atoms with Crippen LogP contribution in [0.2, 0.25) is 0 Å². The van der Waals surface area contributed by atoms with Crippen LogP contribution >= 0.6 is 0 Å². The van der Waals surface area contributed by atoms with E-state index in [9.17, 15) is 9.59 Å². The minimum Gasteiger partial charge on any atom is -0.354 e. The number of aryl methyl sites for hydroxylation is 1. The minimum atomic E-state index is -0.619. The van der Waals surface area contributed by atoms with Crippen LogP contribution in [0, 0.1) is 6.92 Å². The normalized spacial score (nSPS) is 19.9. The van der Waals surface area contributed by atoms with Crippen molar-refractivity contribution in [3.05, 3.63) is 42.0 Å². The first-order valence-corrected chi connectivity index (χ1v) is 8.28. The number of hydrogen-bond donors (Lipinski definition) is 1. The smallest absolute Gasteiger partial charge is 0.269 e. The summed E-state index contributed by atoms with van der Waals surface area (Å²) in [6, 6.07) is 1.65. The molecule has 0 aliphatic carbocycles. The molecule has 8 heteroatoms. The van der Waals surface area contributed by atoms with Gasteiger partial charge in [0.05, 0.1) is 11.9 Å². The first-order chi connectivity index (χ1) is 11.9. The molecule has 2 aromatic heterocycles. The zero-order valence-electron chi connectivity index (χ0n) is 14.7. The molecule has 2 aromatic rings. The minimum absolute atomic E-state index is 0.00963. The summed E-state index contributed by atoms with van der Waals surface area (Å²) in [6.07, 6.45) is 6.67. The maximum absolute atomic E-state index is 12.8. The first-order valence-electron chi connectivity index (χ1n) is 8.28. The number of aromatic nitrogens is 4. The number of amides is 2. The molecule has 1 fully saturated rings. The lowest BCUT2D eigenvalue weighted by Gasteiger charge is -2.34. The molecular weight excluding hydrogens is 320 g/mol. The fraction of sp³-hybridized carbons (Fsp3) is 0.471. The maximum atomic E-state index is 12.8. The van der Waals surface area contributed by atoms with Crippen LogP contribution in [0.4, 0.5) is 0 Å². The summed E-state index contributed by atoms with van der Waals surface area (Å²) < 4.78 is 1.74. The molecule has 1 unspecified atom stereocenters. The van der Waals surface area contributed by atoms with Crippen LogP contribution in [0.5, 0.6) is 0 Å². The van der Waals surface area contributed by atoms with Crippen molar-refractivity contribution >= 4 is 11.8 Å². The Morgan fingerprint density at radius 2 is 2.16 bits per heavy atom. The van der Waals surface area contributed by atoms with Crippen LogP contribution in [0.25, 0.3) is 0 Å². The Balaban J connectivity index is 1.92. The van der Waals surface area contributed by atoms with Gasteiger partial charge in [-0.05, 0) is 32.8 Å². The number of imidazole rings is 1. The van der Waals surface area contributed by atoms with Crippen LogP contribution in [-0.4, -0.2) is 49.8 Å². The molecule has 1 aliphatic heterocycles. The van der Waals surface area contributed by atoms with Gasteiger partial charge < -0.3 is 14.8 Å². The standard InChI is InChI=1S/C17H22N6O2/c1-12-9-13(15(25)18-3)21-16(20-12)17(2)5-4-7-23(17)14(24)10-22-8-6-19-11-22/h6,8-9,11H,4-5,7,10H2,1-3H3,(H,18,25).